The van der Waals surface area contributed by atoms with Gasteiger partial charge in [0.1, 0.15) is 11.8 Å². The fourth-order valence-electron chi connectivity index (χ4n) is 5.82. The van der Waals surface area contributed by atoms with Crippen molar-refractivity contribution in [2.75, 3.05) is 43.1 Å². The number of likely N-dealkylation sites (N-methyl/N-ethyl adjacent to an activating group) is 1. The molecule has 0 unspecified atom stereocenters. The lowest BCUT2D eigenvalue weighted by Crippen LogP contribution is -2.49. The Bertz CT molecular complexity index is 1790. The van der Waals surface area contributed by atoms with Crippen LogP contribution >= 0.6 is 0 Å². The van der Waals surface area contributed by atoms with Crippen LogP contribution in [0, 0.1) is 12.8 Å². The summed E-state index contributed by atoms with van der Waals surface area (Å²) in [6, 6.07) is 20.9. The number of aliphatic hydroxyl groups excluding tert-OH is 1. The molecule has 252 valence electrons. The van der Waals surface area contributed by atoms with Crippen LogP contribution in [0.25, 0.3) is 0 Å². The number of hydrogen-bond acceptors (Lipinski definition) is 8. The van der Waals surface area contributed by atoms with Crippen molar-refractivity contribution in [3.05, 3.63) is 101 Å². The Labute approximate surface area is 280 Å². The van der Waals surface area contributed by atoms with Crippen LogP contribution in [-0.2, 0) is 13.6 Å². The lowest BCUT2D eigenvalue weighted by atomic mass is 9.98. The Morgan fingerprint density at radius 2 is 1.75 bits per heavy atom. The van der Waals surface area contributed by atoms with Crippen molar-refractivity contribution in [3.8, 4) is 5.75 Å². The molecule has 5 rings (SSSR count). The number of anilines is 3. The lowest BCUT2D eigenvalue weighted by molar-refractivity contribution is 0.0343. The molecule has 12 heteroatoms. The number of aromatic nitrogens is 2. The summed E-state index contributed by atoms with van der Waals surface area (Å²) in [7, 11) is 3.68. The van der Waals surface area contributed by atoms with E-state index < -0.39 is 6.04 Å². The number of nitrogens with two attached hydrogens (primary N) is 1. The largest absolute Gasteiger partial charge is 0.486 e. The normalized spacial score (nSPS) is 16.8. The highest BCUT2D eigenvalue weighted by Gasteiger charge is 2.35. The zero-order valence-electron chi connectivity index (χ0n) is 27.9. The summed E-state index contributed by atoms with van der Waals surface area (Å²) in [6.07, 6.45) is -0.381. The molecule has 0 aliphatic carbocycles. The Morgan fingerprint density at radius 3 is 2.42 bits per heavy atom. The maximum atomic E-state index is 13.8. The number of carbonyl (C=O) groups is 3. The minimum atomic E-state index is -0.422. The lowest BCUT2D eigenvalue weighted by Gasteiger charge is -2.38. The van der Waals surface area contributed by atoms with Crippen LogP contribution in [0.2, 0.25) is 0 Å². The molecule has 1 aliphatic rings. The van der Waals surface area contributed by atoms with Gasteiger partial charge in [-0.15, -0.1) is 0 Å². The number of hydrogen-bond donors (Lipinski definition) is 4. The Kier molecular flexibility index (Phi) is 10.5. The van der Waals surface area contributed by atoms with Crippen molar-refractivity contribution < 1.29 is 24.2 Å². The van der Waals surface area contributed by atoms with Gasteiger partial charge in [0.05, 0.1) is 41.0 Å². The van der Waals surface area contributed by atoms with E-state index in [9.17, 15) is 19.5 Å². The van der Waals surface area contributed by atoms with E-state index in [1.54, 1.807) is 60.5 Å². The summed E-state index contributed by atoms with van der Waals surface area (Å²) in [6.45, 7) is 6.88. The smallest absolute Gasteiger partial charge is 0.274 e. The third kappa shape index (κ3) is 7.67. The first-order chi connectivity index (χ1) is 22.9. The molecule has 3 amide bonds. The second-order valence-corrected chi connectivity index (χ2v) is 12.5. The van der Waals surface area contributed by atoms with Crippen molar-refractivity contribution in [3.63, 3.8) is 0 Å². The molecule has 3 atom stereocenters. The number of fused-ring (bicyclic) bond motifs is 1. The number of ether oxygens (including phenoxy) is 1. The zero-order chi connectivity index (χ0) is 34.5. The molecule has 0 fully saturated rings. The number of nitrogens with zero attached hydrogens (tertiary/aromatic N) is 4. The molecule has 5 N–H and O–H groups in total. The summed E-state index contributed by atoms with van der Waals surface area (Å²) in [5.41, 5.74) is 10.3. The fourth-order valence-corrected chi connectivity index (χ4v) is 5.82. The van der Waals surface area contributed by atoms with E-state index in [0.717, 1.165) is 5.56 Å². The first-order valence-electron chi connectivity index (χ1n) is 15.9. The molecular formula is C36H43N7O5. The van der Waals surface area contributed by atoms with Crippen LogP contribution in [0.3, 0.4) is 0 Å². The number of nitrogen functional groups attached to an aromatic ring is 1. The quantitative estimate of drug-likeness (QED) is 0.186. The molecule has 48 heavy (non-hydrogen) atoms. The molecule has 0 saturated heterocycles. The first kappa shape index (κ1) is 34.1. The highest BCUT2D eigenvalue weighted by molar-refractivity contribution is 6.07. The molecule has 3 aromatic carbocycles. The Balaban J connectivity index is 1.35. The summed E-state index contributed by atoms with van der Waals surface area (Å²) in [4.78, 5) is 43.7. The monoisotopic (exact) mass is 653 g/mol. The van der Waals surface area contributed by atoms with Crippen LogP contribution in [0.4, 0.5) is 17.1 Å². The summed E-state index contributed by atoms with van der Waals surface area (Å²) in [5.74, 6) is -0.753. The summed E-state index contributed by atoms with van der Waals surface area (Å²) in [5, 5.41) is 20.1. The number of aryl methyl sites for hydroxylation is 2. The predicted molar refractivity (Wildman–Crippen MR) is 185 cm³/mol. The Morgan fingerprint density at radius 1 is 1.06 bits per heavy atom. The fraction of sp³-hybridized carbons (Fsp3) is 0.333. The molecule has 12 nitrogen and oxygen atoms in total. The van der Waals surface area contributed by atoms with E-state index >= 15 is 0 Å². The second-order valence-electron chi connectivity index (χ2n) is 12.5. The van der Waals surface area contributed by atoms with Crippen molar-refractivity contribution in [1.29, 1.82) is 0 Å². The molecular weight excluding hydrogens is 610 g/mol. The number of aliphatic hydroxyl groups is 1. The molecule has 1 aromatic heterocycles. The van der Waals surface area contributed by atoms with Gasteiger partial charge in [-0.1, -0.05) is 37.3 Å². The van der Waals surface area contributed by atoms with Gasteiger partial charge in [-0.2, -0.15) is 5.10 Å². The van der Waals surface area contributed by atoms with Gasteiger partial charge in [-0.05, 0) is 68.9 Å². The van der Waals surface area contributed by atoms with Gasteiger partial charge in [0.25, 0.3) is 17.7 Å². The molecule has 0 saturated carbocycles. The Hall–Kier alpha value is -5.20. The molecule has 0 bridgehead atoms. The topological polar surface area (TPSA) is 155 Å². The molecule has 0 spiro atoms. The highest BCUT2D eigenvalue weighted by Crippen LogP contribution is 2.35. The van der Waals surface area contributed by atoms with Gasteiger partial charge < -0.3 is 31.1 Å². The average molecular weight is 654 g/mol. The van der Waals surface area contributed by atoms with Crippen molar-refractivity contribution >= 4 is 34.8 Å². The number of rotatable bonds is 10. The maximum Gasteiger partial charge on any atom is 0.274 e. The van der Waals surface area contributed by atoms with E-state index in [1.165, 1.54) is 4.68 Å². The van der Waals surface area contributed by atoms with E-state index in [1.807, 2.05) is 52.1 Å². The van der Waals surface area contributed by atoms with E-state index in [2.05, 4.69) is 20.6 Å². The molecule has 4 aromatic rings. The summed E-state index contributed by atoms with van der Waals surface area (Å²) < 4.78 is 8.16. The van der Waals surface area contributed by atoms with Crippen molar-refractivity contribution in [2.45, 2.75) is 39.5 Å². The van der Waals surface area contributed by atoms with Gasteiger partial charge in [-0.25, -0.2) is 0 Å². The predicted octanol–water partition coefficient (Wildman–Crippen LogP) is 4.17. The minimum absolute atomic E-state index is 0.126. The molecule has 0 radical (unpaired) electrons. The number of carbonyl (C=O) groups excluding carboxylic acids is 3. The highest BCUT2D eigenvalue weighted by atomic mass is 16.5. The SMILES string of the molecule is Cc1cc(C(=O)Nc2cccc3c2O[C@@H](CN(C)Cc2ccc(C(=O)Nc4ccccc4N)cc2)[C@H](C)CN([C@H](C)CO)C3=O)n(C)n1. The van der Waals surface area contributed by atoms with Crippen LogP contribution in [-0.4, -0.2) is 81.3 Å². The van der Waals surface area contributed by atoms with Crippen molar-refractivity contribution in [2.24, 2.45) is 13.0 Å². The zero-order valence-corrected chi connectivity index (χ0v) is 27.9. The maximum absolute atomic E-state index is 13.8. The van der Waals surface area contributed by atoms with Gasteiger partial charge in [-0.3, -0.25) is 24.0 Å². The third-order valence-corrected chi connectivity index (χ3v) is 8.54. The minimum Gasteiger partial charge on any atom is -0.486 e. The van der Waals surface area contributed by atoms with Crippen molar-refractivity contribution in [1.82, 2.24) is 19.6 Å². The number of benzene rings is 3. The van der Waals surface area contributed by atoms with E-state index in [4.69, 9.17) is 10.5 Å². The third-order valence-electron chi connectivity index (χ3n) is 8.54. The number of amides is 3. The molecule has 1 aliphatic heterocycles. The number of nitrogens with one attached hydrogen (secondary N) is 2. The average Bonchev–Trinajstić information content (AvgIpc) is 3.41. The van der Waals surface area contributed by atoms with Gasteiger partial charge in [0.15, 0.2) is 5.75 Å². The van der Waals surface area contributed by atoms with Crippen LogP contribution in [0.5, 0.6) is 5.75 Å². The second kappa shape index (κ2) is 14.7. The summed E-state index contributed by atoms with van der Waals surface area (Å²) >= 11 is 0. The van der Waals surface area contributed by atoms with E-state index in [-0.39, 0.29) is 42.1 Å². The standard InChI is InChI=1S/C36H43N7O5/c1-22-18-43(24(3)21-44)36(47)27-9-8-12-30(39-35(46)31-17-23(2)40-42(31)5)33(27)48-32(22)20-41(4)19-25-13-15-26(16-14-25)34(45)38-29-11-7-6-10-28(29)37/h6-17,22,24,32,44H,18-21,37H2,1-5H3,(H,38,45)(H,39,46)/t22-,24-,32+/m1/s1. The van der Waals surface area contributed by atoms with Gasteiger partial charge in [0.2, 0.25) is 0 Å². The number of para-hydroxylation sites is 3. The van der Waals surface area contributed by atoms with Crippen LogP contribution in [0.15, 0.2) is 72.8 Å². The van der Waals surface area contributed by atoms with Crippen LogP contribution in [0.1, 0.15) is 56.3 Å². The van der Waals surface area contributed by atoms with Gasteiger partial charge in [0, 0.05) is 38.2 Å². The first-order valence-corrected chi connectivity index (χ1v) is 15.9. The molecule has 2 heterocycles. The van der Waals surface area contributed by atoms with Gasteiger partial charge >= 0.3 is 0 Å². The van der Waals surface area contributed by atoms with E-state index in [0.29, 0.717) is 59.2 Å². The van der Waals surface area contributed by atoms with Crippen LogP contribution < -0.4 is 21.1 Å².